The maximum Gasteiger partial charge on any atom is 0.303 e. The van der Waals surface area contributed by atoms with E-state index in [0.717, 1.165) is 19.3 Å². The minimum Gasteiger partial charge on any atom is -0.481 e. The fraction of sp³-hybridized carbons (Fsp3) is 0.550. The summed E-state index contributed by atoms with van der Waals surface area (Å²) in [6, 6.07) is 0. The second-order valence-corrected chi connectivity index (χ2v) is 6.06. The molecule has 5 heteroatoms. The van der Waals surface area contributed by atoms with Crippen molar-refractivity contribution in [1.29, 1.82) is 0 Å². The van der Waals surface area contributed by atoms with Crippen LogP contribution in [0, 0.1) is 0 Å². The average Bonchev–Trinajstić information content (AvgIpc) is 2.53. The number of rotatable bonds is 14. The zero-order chi connectivity index (χ0) is 18.9. The molecule has 0 bridgehead atoms. The molecule has 0 aliphatic carbocycles. The molecule has 0 aromatic heterocycles. The number of aliphatic carboxylic acids is 1. The van der Waals surface area contributed by atoms with Gasteiger partial charge in [-0.15, -0.1) is 0 Å². The summed E-state index contributed by atoms with van der Waals surface area (Å²) in [5.74, 6) is -0.852. The first-order chi connectivity index (χ1) is 11.9. The number of carboxylic acids is 1. The second kappa shape index (κ2) is 15.8. The minimum absolute atomic E-state index is 0.0658. The highest BCUT2D eigenvalue weighted by molar-refractivity contribution is 5.66. The molecule has 0 aliphatic heterocycles. The van der Waals surface area contributed by atoms with Crippen LogP contribution in [0.25, 0.3) is 0 Å². The Bertz CT molecular complexity index is 449. The van der Waals surface area contributed by atoms with Gasteiger partial charge < -0.3 is 20.4 Å². The molecule has 0 saturated carbocycles. The molecule has 3 unspecified atom stereocenters. The largest absolute Gasteiger partial charge is 0.481 e. The molecule has 4 N–H and O–H groups in total. The summed E-state index contributed by atoms with van der Waals surface area (Å²) in [5.41, 5.74) is 0. The summed E-state index contributed by atoms with van der Waals surface area (Å²) in [5, 5.41) is 37.0. The Hall–Kier alpha value is -1.69. The Labute approximate surface area is 150 Å². The van der Waals surface area contributed by atoms with Crippen molar-refractivity contribution < 1.29 is 25.2 Å². The van der Waals surface area contributed by atoms with E-state index in [0.29, 0.717) is 19.3 Å². The lowest BCUT2D eigenvalue weighted by atomic mass is 10.1. The van der Waals surface area contributed by atoms with Crippen LogP contribution < -0.4 is 0 Å². The van der Waals surface area contributed by atoms with Crippen LogP contribution in [0.3, 0.4) is 0 Å². The monoisotopic (exact) mass is 352 g/mol. The van der Waals surface area contributed by atoms with Gasteiger partial charge in [-0.2, -0.15) is 0 Å². The van der Waals surface area contributed by atoms with Crippen molar-refractivity contribution in [2.75, 3.05) is 0 Å². The van der Waals surface area contributed by atoms with E-state index < -0.39 is 18.2 Å². The lowest BCUT2D eigenvalue weighted by Crippen LogP contribution is -2.03. The van der Waals surface area contributed by atoms with Crippen molar-refractivity contribution in [1.82, 2.24) is 0 Å². The number of allylic oxidation sites excluding steroid dienone is 5. The van der Waals surface area contributed by atoms with Gasteiger partial charge in [0.1, 0.15) is 0 Å². The predicted molar refractivity (Wildman–Crippen MR) is 100 cm³/mol. The first-order valence-corrected chi connectivity index (χ1v) is 8.84. The lowest BCUT2D eigenvalue weighted by molar-refractivity contribution is -0.137. The molecule has 0 spiro atoms. The fourth-order valence-corrected chi connectivity index (χ4v) is 2.03. The molecule has 0 radical (unpaired) electrons. The number of unbranched alkanes of at least 4 members (excludes halogenated alkanes) is 1. The smallest absolute Gasteiger partial charge is 0.303 e. The van der Waals surface area contributed by atoms with E-state index in [1.54, 1.807) is 43.4 Å². The molecule has 0 saturated heterocycles. The number of hydrogen-bond acceptors (Lipinski definition) is 4. The molecular formula is C20H32O5. The molecule has 0 fully saturated rings. The standard InChI is InChI=1S/C20H32O5/c1-17(21)11-6-2-3-7-12-18(22)13-8-4-5-9-14-19(23)15-10-16-20(24)25/h3-5,7-9,13-14,17-19,21-23H,2,6,10-12,15-16H2,1H3,(H,24,25)/b5-4+,7-3+,13-8+,14-9+. The first-order valence-electron chi connectivity index (χ1n) is 8.84. The van der Waals surface area contributed by atoms with Crippen LogP contribution in [0.1, 0.15) is 51.9 Å². The number of hydrogen-bond donors (Lipinski definition) is 4. The van der Waals surface area contributed by atoms with E-state index in [1.807, 2.05) is 12.2 Å². The van der Waals surface area contributed by atoms with Crippen molar-refractivity contribution in [3.05, 3.63) is 48.6 Å². The van der Waals surface area contributed by atoms with Gasteiger partial charge in [-0.3, -0.25) is 4.79 Å². The fourth-order valence-electron chi connectivity index (χ4n) is 2.03. The van der Waals surface area contributed by atoms with Crippen LogP contribution >= 0.6 is 0 Å². The summed E-state index contributed by atoms with van der Waals surface area (Å²) in [6.45, 7) is 1.78. The predicted octanol–water partition coefficient (Wildman–Crippen LogP) is 3.13. The third-order valence-corrected chi connectivity index (χ3v) is 3.43. The highest BCUT2D eigenvalue weighted by Crippen LogP contribution is 2.04. The molecule has 0 amide bonds. The topological polar surface area (TPSA) is 98.0 Å². The van der Waals surface area contributed by atoms with Crippen LogP contribution in [0.5, 0.6) is 0 Å². The van der Waals surface area contributed by atoms with E-state index in [-0.39, 0.29) is 12.5 Å². The molecule has 25 heavy (non-hydrogen) atoms. The maximum atomic E-state index is 10.4. The second-order valence-electron chi connectivity index (χ2n) is 6.06. The van der Waals surface area contributed by atoms with E-state index in [4.69, 9.17) is 10.2 Å². The summed E-state index contributed by atoms with van der Waals surface area (Å²) < 4.78 is 0. The van der Waals surface area contributed by atoms with Crippen LogP contribution in [-0.4, -0.2) is 44.7 Å². The van der Waals surface area contributed by atoms with Gasteiger partial charge in [0, 0.05) is 6.42 Å². The summed E-state index contributed by atoms with van der Waals surface area (Å²) in [6.07, 6.45) is 16.9. The van der Waals surface area contributed by atoms with Gasteiger partial charge in [-0.05, 0) is 45.4 Å². The SMILES string of the molecule is CC(O)CCC/C=C/CC(O)/C=C/C=C/C=C/C(O)CCCC(=O)O. The molecule has 142 valence electrons. The van der Waals surface area contributed by atoms with Crippen LogP contribution in [-0.2, 0) is 4.79 Å². The number of aliphatic hydroxyl groups excluding tert-OH is 3. The van der Waals surface area contributed by atoms with Crippen LogP contribution in [0.15, 0.2) is 48.6 Å². The van der Waals surface area contributed by atoms with Crippen molar-refractivity contribution >= 4 is 5.97 Å². The van der Waals surface area contributed by atoms with Crippen molar-refractivity contribution in [3.8, 4) is 0 Å². The quantitative estimate of drug-likeness (QED) is 0.219. The first kappa shape index (κ1) is 23.3. The Morgan fingerprint density at radius 3 is 2.12 bits per heavy atom. The number of carboxylic acid groups (broad SMARTS) is 1. The Morgan fingerprint density at radius 1 is 0.880 bits per heavy atom. The maximum absolute atomic E-state index is 10.4. The van der Waals surface area contributed by atoms with Crippen molar-refractivity contribution in [2.24, 2.45) is 0 Å². The third-order valence-electron chi connectivity index (χ3n) is 3.43. The van der Waals surface area contributed by atoms with E-state index in [9.17, 15) is 15.0 Å². The van der Waals surface area contributed by atoms with Gasteiger partial charge in [0.25, 0.3) is 0 Å². The third kappa shape index (κ3) is 18.5. The van der Waals surface area contributed by atoms with Crippen molar-refractivity contribution in [2.45, 2.75) is 70.2 Å². The zero-order valence-corrected chi connectivity index (χ0v) is 15.0. The van der Waals surface area contributed by atoms with E-state index in [1.165, 1.54) is 0 Å². The Kier molecular flexibility index (Phi) is 14.7. The molecule has 0 aromatic carbocycles. The lowest BCUT2D eigenvalue weighted by Gasteiger charge is -2.02. The zero-order valence-electron chi connectivity index (χ0n) is 15.0. The molecular weight excluding hydrogens is 320 g/mol. The molecule has 5 nitrogen and oxygen atoms in total. The Balaban J connectivity index is 3.82. The minimum atomic E-state index is -0.852. The van der Waals surface area contributed by atoms with Gasteiger partial charge in [0.2, 0.25) is 0 Å². The molecule has 3 atom stereocenters. The molecule has 0 aliphatic rings. The number of aliphatic hydroxyl groups is 3. The van der Waals surface area contributed by atoms with Gasteiger partial charge in [-0.25, -0.2) is 0 Å². The summed E-state index contributed by atoms with van der Waals surface area (Å²) >= 11 is 0. The van der Waals surface area contributed by atoms with Gasteiger partial charge in [-0.1, -0.05) is 48.6 Å². The highest BCUT2D eigenvalue weighted by Gasteiger charge is 2.01. The molecule has 0 aromatic rings. The summed E-state index contributed by atoms with van der Waals surface area (Å²) in [7, 11) is 0. The summed E-state index contributed by atoms with van der Waals surface area (Å²) in [4.78, 5) is 10.4. The van der Waals surface area contributed by atoms with E-state index in [2.05, 4.69) is 0 Å². The normalized spacial score (nSPS) is 16.3. The van der Waals surface area contributed by atoms with E-state index >= 15 is 0 Å². The van der Waals surface area contributed by atoms with Crippen LogP contribution in [0.4, 0.5) is 0 Å². The van der Waals surface area contributed by atoms with Gasteiger partial charge >= 0.3 is 5.97 Å². The highest BCUT2D eigenvalue weighted by atomic mass is 16.4. The average molecular weight is 352 g/mol. The van der Waals surface area contributed by atoms with Crippen molar-refractivity contribution in [3.63, 3.8) is 0 Å². The van der Waals surface area contributed by atoms with Gasteiger partial charge in [0.05, 0.1) is 18.3 Å². The molecule has 0 rings (SSSR count). The number of carbonyl (C=O) groups is 1. The Morgan fingerprint density at radius 2 is 1.52 bits per heavy atom. The van der Waals surface area contributed by atoms with Crippen LogP contribution in [0.2, 0.25) is 0 Å². The molecule has 0 heterocycles. The van der Waals surface area contributed by atoms with Gasteiger partial charge in [0.15, 0.2) is 0 Å².